The van der Waals surface area contributed by atoms with Crippen molar-refractivity contribution >= 4 is 26.5 Å². The zero-order valence-corrected chi connectivity index (χ0v) is 15.4. The maximum atomic E-state index is 12.6. The van der Waals surface area contributed by atoms with Gasteiger partial charge in [0, 0.05) is 5.38 Å². The molecule has 0 aliphatic rings. The quantitative estimate of drug-likeness (QED) is 0.831. The average molecular weight is 354 g/mol. The van der Waals surface area contributed by atoms with E-state index in [2.05, 4.69) is 9.71 Å². The fourth-order valence-electron chi connectivity index (χ4n) is 2.31. The van der Waals surface area contributed by atoms with E-state index in [1.54, 1.807) is 24.4 Å². The molecule has 0 saturated heterocycles. The lowest BCUT2D eigenvalue weighted by atomic mass is 9.94. The second-order valence-corrected chi connectivity index (χ2v) is 8.16. The molecule has 1 aromatic carbocycles. The topological polar surface area (TPSA) is 79.3 Å². The van der Waals surface area contributed by atoms with Crippen LogP contribution in [0.4, 0.5) is 5.13 Å². The summed E-state index contributed by atoms with van der Waals surface area (Å²) in [6, 6.07) is 5.29. The van der Waals surface area contributed by atoms with Crippen molar-refractivity contribution in [3.8, 4) is 0 Å². The van der Waals surface area contributed by atoms with E-state index in [4.69, 9.17) is 0 Å². The summed E-state index contributed by atoms with van der Waals surface area (Å²) in [5, 5.41) is 12.4. The van der Waals surface area contributed by atoms with Crippen LogP contribution < -0.4 is 4.72 Å². The standard InChI is InChI=1S/C16H22N2O3S2/c1-5-16(19,6-2)14-10-22-15(17-14)18-23(20,21)13-9-11(3)7-8-12(13)4/h7-10,19H,5-6H2,1-4H3,(H,17,18). The Morgan fingerprint density at radius 2 is 1.91 bits per heavy atom. The van der Waals surface area contributed by atoms with Gasteiger partial charge in [-0.2, -0.15) is 0 Å². The summed E-state index contributed by atoms with van der Waals surface area (Å²) in [6.07, 6.45) is 1.05. The molecule has 0 saturated carbocycles. The average Bonchev–Trinajstić information content (AvgIpc) is 2.97. The molecule has 0 amide bonds. The fraction of sp³-hybridized carbons (Fsp3) is 0.438. The molecule has 0 aliphatic heterocycles. The number of thiazole rings is 1. The number of hydrogen-bond donors (Lipinski definition) is 2. The maximum Gasteiger partial charge on any atom is 0.263 e. The molecule has 0 spiro atoms. The smallest absolute Gasteiger partial charge is 0.263 e. The Balaban J connectivity index is 2.32. The number of aryl methyl sites for hydroxylation is 2. The van der Waals surface area contributed by atoms with E-state index in [0.717, 1.165) is 5.56 Å². The summed E-state index contributed by atoms with van der Waals surface area (Å²) in [6.45, 7) is 7.36. The van der Waals surface area contributed by atoms with Gasteiger partial charge in [-0.15, -0.1) is 11.3 Å². The molecule has 7 heteroatoms. The van der Waals surface area contributed by atoms with Gasteiger partial charge in [0.15, 0.2) is 5.13 Å². The van der Waals surface area contributed by atoms with Crippen molar-refractivity contribution < 1.29 is 13.5 Å². The third-order valence-corrected chi connectivity index (χ3v) is 6.37. The summed E-state index contributed by atoms with van der Waals surface area (Å²) >= 11 is 1.18. The Bertz CT molecular complexity index is 793. The molecule has 23 heavy (non-hydrogen) atoms. The number of nitrogens with zero attached hydrogens (tertiary/aromatic N) is 1. The highest BCUT2D eigenvalue weighted by molar-refractivity contribution is 7.93. The van der Waals surface area contributed by atoms with Gasteiger partial charge in [0.25, 0.3) is 10.0 Å². The second-order valence-electron chi connectivity index (χ2n) is 5.65. The molecule has 0 fully saturated rings. The van der Waals surface area contributed by atoms with Crippen molar-refractivity contribution in [1.82, 2.24) is 4.98 Å². The molecule has 0 aliphatic carbocycles. The third-order valence-electron chi connectivity index (χ3n) is 4.01. The van der Waals surface area contributed by atoms with E-state index in [0.29, 0.717) is 24.1 Å². The van der Waals surface area contributed by atoms with Gasteiger partial charge in [-0.05, 0) is 43.9 Å². The second kappa shape index (κ2) is 6.59. The van der Waals surface area contributed by atoms with Crippen molar-refractivity contribution in [2.45, 2.75) is 51.0 Å². The lowest BCUT2D eigenvalue weighted by Crippen LogP contribution is -2.24. The molecule has 0 bridgehead atoms. The van der Waals surface area contributed by atoms with E-state index in [1.807, 2.05) is 26.8 Å². The van der Waals surface area contributed by atoms with Crippen molar-refractivity contribution in [3.05, 3.63) is 40.4 Å². The first-order valence-corrected chi connectivity index (χ1v) is 9.86. The number of hydrogen-bond acceptors (Lipinski definition) is 5. The van der Waals surface area contributed by atoms with Crippen LogP contribution in [0.25, 0.3) is 0 Å². The predicted octanol–water partition coefficient (Wildman–Crippen LogP) is 3.57. The third kappa shape index (κ3) is 3.73. The predicted molar refractivity (Wildman–Crippen MR) is 93.3 cm³/mol. The maximum absolute atomic E-state index is 12.6. The van der Waals surface area contributed by atoms with Crippen LogP contribution in [0.2, 0.25) is 0 Å². The lowest BCUT2D eigenvalue weighted by Gasteiger charge is -2.22. The van der Waals surface area contributed by atoms with E-state index in [1.165, 1.54) is 11.3 Å². The van der Waals surface area contributed by atoms with Crippen LogP contribution >= 0.6 is 11.3 Å². The molecule has 1 aromatic heterocycles. The summed E-state index contributed by atoms with van der Waals surface area (Å²) in [4.78, 5) is 4.51. The summed E-state index contributed by atoms with van der Waals surface area (Å²) in [5.41, 5.74) is 1.05. The highest BCUT2D eigenvalue weighted by Gasteiger charge is 2.28. The largest absolute Gasteiger partial charge is 0.384 e. The molecule has 0 radical (unpaired) electrons. The number of aromatic nitrogens is 1. The molecule has 2 rings (SSSR count). The number of aliphatic hydroxyl groups is 1. The molecule has 1 heterocycles. The first-order valence-electron chi connectivity index (χ1n) is 7.50. The Labute approximate surface area is 141 Å². The summed E-state index contributed by atoms with van der Waals surface area (Å²) in [7, 11) is -3.70. The summed E-state index contributed by atoms with van der Waals surface area (Å²) in [5.74, 6) is 0. The Kier molecular flexibility index (Phi) is 5.13. The number of sulfonamides is 1. The van der Waals surface area contributed by atoms with Gasteiger partial charge in [-0.1, -0.05) is 26.0 Å². The normalized spacial score (nSPS) is 12.4. The molecule has 0 unspecified atom stereocenters. The number of nitrogens with one attached hydrogen (secondary N) is 1. The van der Waals surface area contributed by atoms with Gasteiger partial charge in [0.1, 0.15) is 5.60 Å². The highest BCUT2D eigenvalue weighted by Crippen LogP contribution is 2.32. The first-order chi connectivity index (χ1) is 10.7. The highest BCUT2D eigenvalue weighted by atomic mass is 32.2. The molecule has 2 aromatic rings. The molecular weight excluding hydrogens is 332 g/mol. The van der Waals surface area contributed by atoms with E-state index in [9.17, 15) is 13.5 Å². The molecule has 126 valence electrons. The van der Waals surface area contributed by atoms with Gasteiger partial charge in [-0.3, -0.25) is 4.72 Å². The van der Waals surface area contributed by atoms with Crippen molar-refractivity contribution in [2.24, 2.45) is 0 Å². The van der Waals surface area contributed by atoms with Crippen LogP contribution in [0.3, 0.4) is 0 Å². The van der Waals surface area contributed by atoms with Gasteiger partial charge in [0.2, 0.25) is 0 Å². The summed E-state index contributed by atoms with van der Waals surface area (Å²) < 4.78 is 27.6. The van der Waals surface area contributed by atoms with Gasteiger partial charge in [0.05, 0.1) is 10.6 Å². The monoisotopic (exact) mass is 354 g/mol. The zero-order chi connectivity index (χ0) is 17.3. The van der Waals surface area contributed by atoms with Gasteiger partial charge < -0.3 is 5.11 Å². The Morgan fingerprint density at radius 1 is 1.26 bits per heavy atom. The molecule has 5 nitrogen and oxygen atoms in total. The van der Waals surface area contributed by atoms with Crippen LogP contribution in [0.5, 0.6) is 0 Å². The van der Waals surface area contributed by atoms with Crippen molar-refractivity contribution in [2.75, 3.05) is 4.72 Å². The number of benzene rings is 1. The number of anilines is 1. The molecular formula is C16H22N2O3S2. The van der Waals surface area contributed by atoms with E-state index in [-0.39, 0.29) is 10.0 Å². The Hall–Kier alpha value is -1.44. The van der Waals surface area contributed by atoms with Crippen LogP contribution in [0, 0.1) is 13.8 Å². The number of rotatable bonds is 6. The Morgan fingerprint density at radius 3 is 2.52 bits per heavy atom. The van der Waals surface area contributed by atoms with Crippen molar-refractivity contribution in [3.63, 3.8) is 0 Å². The van der Waals surface area contributed by atoms with Crippen molar-refractivity contribution in [1.29, 1.82) is 0 Å². The van der Waals surface area contributed by atoms with Crippen LogP contribution in [0.1, 0.15) is 43.5 Å². The SMILES string of the molecule is CCC(O)(CC)c1csc(NS(=O)(=O)c2cc(C)ccc2C)n1. The fourth-order valence-corrected chi connectivity index (χ4v) is 4.70. The van der Waals surface area contributed by atoms with Gasteiger partial charge in [-0.25, -0.2) is 13.4 Å². The minimum atomic E-state index is -3.70. The molecule has 2 N–H and O–H groups in total. The minimum Gasteiger partial charge on any atom is -0.384 e. The van der Waals surface area contributed by atoms with Gasteiger partial charge >= 0.3 is 0 Å². The minimum absolute atomic E-state index is 0.246. The van der Waals surface area contributed by atoms with Crippen LogP contribution in [-0.2, 0) is 15.6 Å². The zero-order valence-electron chi connectivity index (χ0n) is 13.8. The van der Waals surface area contributed by atoms with E-state index < -0.39 is 15.6 Å². The van der Waals surface area contributed by atoms with Crippen LogP contribution in [-0.4, -0.2) is 18.5 Å². The first kappa shape index (κ1) is 17.9. The van der Waals surface area contributed by atoms with E-state index >= 15 is 0 Å². The molecule has 0 atom stereocenters. The lowest BCUT2D eigenvalue weighted by molar-refractivity contribution is 0.0247. The van der Waals surface area contributed by atoms with Crippen LogP contribution in [0.15, 0.2) is 28.5 Å².